The third-order valence-corrected chi connectivity index (χ3v) is 3.98. The number of aromatic nitrogens is 3. The van der Waals surface area contributed by atoms with Gasteiger partial charge in [-0.1, -0.05) is 38.7 Å². The van der Waals surface area contributed by atoms with E-state index in [1.54, 1.807) is 0 Å². The molecule has 2 heterocycles. The first-order chi connectivity index (χ1) is 11.7. The second kappa shape index (κ2) is 12.1. The van der Waals surface area contributed by atoms with E-state index >= 15 is 0 Å². The number of fused-ring (bicyclic) bond motifs is 1. The van der Waals surface area contributed by atoms with Crippen LogP contribution in [0.4, 0.5) is 0 Å². The van der Waals surface area contributed by atoms with Crippen molar-refractivity contribution in [3.8, 4) is 0 Å². The number of rotatable bonds is 9. The molecule has 6 nitrogen and oxygen atoms in total. The summed E-state index contributed by atoms with van der Waals surface area (Å²) < 4.78 is 1.97. The molecule has 2 N–H and O–H groups in total. The van der Waals surface area contributed by atoms with Crippen molar-refractivity contribution >= 4 is 35.6 Å². The molecule has 2 aromatic rings. The van der Waals surface area contributed by atoms with Gasteiger partial charge in [0.25, 0.3) is 0 Å². The van der Waals surface area contributed by atoms with Crippen LogP contribution >= 0.6 is 24.0 Å². The molecule has 7 heteroatoms. The van der Waals surface area contributed by atoms with Gasteiger partial charge in [0, 0.05) is 18.8 Å². The fraction of sp³-hybridized carbons (Fsp3) is 0.611. The molecular formula is C18H31IN6. The average molecular weight is 458 g/mol. The summed E-state index contributed by atoms with van der Waals surface area (Å²) in [5, 5.41) is 15.2. The zero-order valence-corrected chi connectivity index (χ0v) is 17.9. The Morgan fingerprint density at radius 3 is 2.80 bits per heavy atom. The highest BCUT2D eigenvalue weighted by molar-refractivity contribution is 14.0. The molecule has 2 aromatic heterocycles. The summed E-state index contributed by atoms with van der Waals surface area (Å²) in [6.07, 6.45) is 8.30. The van der Waals surface area contributed by atoms with Crippen molar-refractivity contribution in [2.45, 2.75) is 65.5 Å². The van der Waals surface area contributed by atoms with Crippen LogP contribution in [0.3, 0.4) is 0 Å². The van der Waals surface area contributed by atoms with Gasteiger partial charge in [-0.15, -0.1) is 34.2 Å². The normalized spacial score (nSPS) is 12.7. The van der Waals surface area contributed by atoms with Crippen LogP contribution < -0.4 is 10.6 Å². The first-order valence-corrected chi connectivity index (χ1v) is 9.08. The Balaban J connectivity index is 0.00000312. The molecule has 0 aliphatic rings. The zero-order chi connectivity index (χ0) is 17.2. The summed E-state index contributed by atoms with van der Waals surface area (Å²) in [7, 11) is 0. The van der Waals surface area contributed by atoms with E-state index in [1.807, 2.05) is 28.8 Å². The van der Waals surface area contributed by atoms with E-state index in [2.05, 4.69) is 46.6 Å². The molecule has 140 valence electrons. The Morgan fingerprint density at radius 2 is 2.04 bits per heavy atom. The Labute approximate surface area is 167 Å². The summed E-state index contributed by atoms with van der Waals surface area (Å²) in [5.74, 6) is 1.69. The molecule has 0 fully saturated rings. The van der Waals surface area contributed by atoms with Crippen molar-refractivity contribution in [3.63, 3.8) is 0 Å². The Morgan fingerprint density at radius 1 is 1.20 bits per heavy atom. The molecule has 0 bridgehead atoms. The van der Waals surface area contributed by atoms with Crippen molar-refractivity contribution in [2.75, 3.05) is 6.54 Å². The van der Waals surface area contributed by atoms with Crippen LogP contribution in [0.5, 0.6) is 0 Å². The van der Waals surface area contributed by atoms with E-state index in [9.17, 15) is 0 Å². The van der Waals surface area contributed by atoms with Gasteiger partial charge in [-0.2, -0.15) is 0 Å². The van der Waals surface area contributed by atoms with E-state index in [-0.39, 0.29) is 24.0 Å². The molecule has 1 atom stereocenters. The Hall–Kier alpha value is -1.38. The zero-order valence-electron chi connectivity index (χ0n) is 15.5. The standard InChI is InChI=1S/C18H30N6.HI/c1-4-6-7-8-11-15(3)21-18(19-5-2)20-14-17-23-22-16-12-9-10-13-24(16)17;/h9-10,12-13,15H,4-8,11,14H2,1-3H3,(H2,19,20,21);1H. The Bertz CT molecular complexity index is 639. The number of hydrogen-bond donors (Lipinski definition) is 2. The largest absolute Gasteiger partial charge is 0.357 e. The van der Waals surface area contributed by atoms with Crippen molar-refractivity contribution in [1.82, 2.24) is 25.2 Å². The maximum atomic E-state index is 4.66. The minimum atomic E-state index is 0. The number of unbranched alkanes of at least 4 members (excludes halogenated alkanes) is 3. The molecular weight excluding hydrogens is 427 g/mol. The molecule has 0 saturated carbocycles. The summed E-state index contributed by atoms with van der Waals surface area (Å²) in [6.45, 7) is 7.88. The molecule has 0 amide bonds. The van der Waals surface area contributed by atoms with Crippen LogP contribution in [0.2, 0.25) is 0 Å². The van der Waals surface area contributed by atoms with Crippen LogP contribution in [0.15, 0.2) is 29.4 Å². The average Bonchev–Trinajstić information content (AvgIpc) is 3.00. The highest BCUT2D eigenvalue weighted by atomic mass is 127. The summed E-state index contributed by atoms with van der Waals surface area (Å²) in [4.78, 5) is 4.66. The first-order valence-electron chi connectivity index (χ1n) is 9.08. The molecule has 1 unspecified atom stereocenters. The molecule has 0 spiro atoms. The first kappa shape index (κ1) is 21.7. The summed E-state index contributed by atoms with van der Waals surface area (Å²) in [5.41, 5.74) is 0.852. The highest BCUT2D eigenvalue weighted by Crippen LogP contribution is 2.06. The van der Waals surface area contributed by atoms with Crippen LogP contribution in [0.25, 0.3) is 5.65 Å². The lowest BCUT2D eigenvalue weighted by Gasteiger charge is -2.17. The van der Waals surface area contributed by atoms with Crippen LogP contribution in [0.1, 0.15) is 58.7 Å². The van der Waals surface area contributed by atoms with Gasteiger partial charge in [0.05, 0.1) is 0 Å². The van der Waals surface area contributed by atoms with Gasteiger partial charge in [0.1, 0.15) is 6.54 Å². The second-order valence-corrected chi connectivity index (χ2v) is 6.13. The van der Waals surface area contributed by atoms with E-state index < -0.39 is 0 Å². The fourth-order valence-corrected chi connectivity index (χ4v) is 2.65. The van der Waals surface area contributed by atoms with E-state index in [0.29, 0.717) is 12.6 Å². The lowest BCUT2D eigenvalue weighted by molar-refractivity contribution is 0.537. The molecule has 0 radical (unpaired) electrons. The second-order valence-electron chi connectivity index (χ2n) is 6.13. The third-order valence-electron chi connectivity index (χ3n) is 3.98. The number of halogens is 1. The summed E-state index contributed by atoms with van der Waals surface area (Å²) in [6, 6.07) is 6.30. The third kappa shape index (κ3) is 7.17. The van der Waals surface area contributed by atoms with Crippen LogP contribution in [-0.2, 0) is 6.54 Å². The van der Waals surface area contributed by atoms with E-state index in [4.69, 9.17) is 0 Å². The maximum Gasteiger partial charge on any atom is 0.191 e. The van der Waals surface area contributed by atoms with Crippen molar-refractivity contribution in [2.24, 2.45) is 4.99 Å². The molecule has 2 rings (SSSR count). The van der Waals surface area contributed by atoms with Gasteiger partial charge in [0.15, 0.2) is 17.4 Å². The van der Waals surface area contributed by atoms with Gasteiger partial charge >= 0.3 is 0 Å². The predicted molar refractivity (Wildman–Crippen MR) is 115 cm³/mol. The number of hydrogen-bond acceptors (Lipinski definition) is 3. The van der Waals surface area contributed by atoms with Gasteiger partial charge in [-0.3, -0.25) is 4.40 Å². The maximum absolute atomic E-state index is 4.66. The molecule has 25 heavy (non-hydrogen) atoms. The summed E-state index contributed by atoms with van der Waals surface area (Å²) >= 11 is 0. The van der Waals surface area contributed by atoms with Gasteiger partial charge < -0.3 is 10.6 Å². The number of aliphatic imine (C=N–C) groups is 1. The minimum absolute atomic E-state index is 0. The number of nitrogens with zero attached hydrogens (tertiary/aromatic N) is 4. The quantitative estimate of drug-likeness (QED) is 0.260. The minimum Gasteiger partial charge on any atom is -0.357 e. The van der Waals surface area contributed by atoms with E-state index in [1.165, 1.54) is 25.7 Å². The molecule has 0 aromatic carbocycles. The van der Waals surface area contributed by atoms with Crippen molar-refractivity contribution in [1.29, 1.82) is 0 Å². The van der Waals surface area contributed by atoms with E-state index in [0.717, 1.165) is 30.4 Å². The predicted octanol–water partition coefficient (Wildman–Crippen LogP) is 3.76. The van der Waals surface area contributed by atoms with Gasteiger partial charge in [-0.05, 0) is 32.4 Å². The monoisotopic (exact) mass is 458 g/mol. The molecule has 0 aliphatic carbocycles. The Kier molecular flexibility index (Phi) is 10.4. The lowest BCUT2D eigenvalue weighted by atomic mass is 10.1. The lowest BCUT2D eigenvalue weighted by Crippen LogP contribution is -2.42. The molecule has 0 saturated heterocycles. The van der Waals surface area contributed by atoms with Crippen LogP contribution in [-0.4, -0.2) is 33.1 Å². The number of nitrogens with one attached hydrogen (secondary N) is 2. The fourth-order valence-electron chi connectivity index (χ4n) is 2.65. The number of guanidine groups is 1. The van der Waals surface area contributed by atoms with Gasteiger partial charge in [-0.25, -0.2) is 4.99 Å². The van der Waals surface area contributed by atoms with Crippen molar-refractivity contribution < 1.29 is 0 Å². The molecule has 0 aliphatic heterocycles. The highest BCUT2D eigenvalue weighted by Gasteiger charge is 2.07. The smallest absolute Gasteiger partial charge is 0.191 e. The SMILES string of the molecule is CCCCCCC(C)NC(=NCc1nnc2ccccn12)NCC.I. The number of pyridine rings is 1. The van der Waals surface area contributed by atoms with Crippen molar-refractivity contribution in [3.05, 3.63) is 30.2 Å². The van der Waals surface area contributed by atoms with Crippen LogP contribution in [0, 0.1) is 0 Å². The van der Waals surface area contributed by atoms with Gasteiger partial charge in [0.2, 0.25) is 0 Å². The topological polar surface area (TPSA) is 66.6 Å².